The molecule has 1 N–H and O–H groups in total. The van der Waals surface area contributed by atoms with Crippen molar-refractivity contribution in [3.63, 3.8) is 0 Å². The van der Waals surface area contributed by atoms with Crippen LogP contribution in [0.15, 0.2) is 17.6 Å². The Labute approximate surface area is 72.9 Å². The zero-order valence-corrected chi connectivity index (χ0v) is 7.26. The van der Waals surface area contributed by atoms with E-state index in [1.165, 1.54) is 11.3 Å². The molecule has 12 heavy (non-hydrogen) atoms. The van der Waals surface area contributed by atoms with E-state index < -0.39 is 5.97 Å². The van der Waals surface area contributed by atoms with E-state index in [0.717, 1.165) is 10.2 Å². The first-order valence-electron chi connectivity index (χ1n) is 3.46. The van der Waals surface area contributed by atoms with Crippen molar-refractivity contribution in [1.29, 1.82) is 0 Å². The van der Waals surface area contributed by atoms with E-state index in [-0.39, 0.29) is 0 Å². The molecule has 0 radical (unpaired) electrons. The van der Waals surface area contributed by atoms with Crippen LogP contribution in [-0.2, 0) is 7.05 Å². The van der Waals surface area contributed by atoms with Crippen LogP contribution in [0.2, 0.25) is 0 Å². The average Bonchev–Trinajstić information content (AvgIpc) is 2.53. The first kappa shape index (κ1) is 7.36. The lowest BCUT2D eigenvalue weighted by atomic mass is 10.3. The molecule has 2 aromatic heterocycles. The normalized spacial score (nSPS) is 10.8. The van der Waals surface area contributed by atoms with Gasteiger partial charge in [0, 0.05) is 13.2 Å². The average molecular weight is 181 g/mol. The molecule has 0 spiro atoms. The number of rotatable bonds is 1. The van der Waals surface area contributed by atoms with Gasteiger partial charge in [-0.2, -0.15) is 0 Å². The maximum absolute atomic E-state index is 10.7. The van der Waals surface area contributed by atoms with E-state index in [1.807, 2.05) is 23.1 Å². The van der Waals surface area contributed by atoms with Crippen LogP contribution in [0.3, 0.4) is 0 Å². The Morgan fingerprint density at radius 2 is 2.42 bits per heavy atom. The quantitative estimate of drug-likeness (QED) is 0.730. The van der Waals surface area contributed by atoms with Crippen LogP contribution in [0.5, 0.6) is 0 Å². The number of carboxylic acids is 1. The number of carbonyl (C=O) groups is 1. The number of hydrogen-bond acceptors (Lipinski definition) is 2. The minimum Gasteiger partial charge on any atom is -0.478 e. The number of nitrogens with zero attached hydrogens (tertiary/aromatic N) is 1. The predicted octanol–water partition coefficient (Wildman–Crippen LogP) is 1.94. The van der Waals surface area contributed by atoms with E-state index in [4.69, 9.17) is 5.11 Å². The Balaban J connectivity index is 2.83. The number of fused-ring (bicyclic) bond motifs is 1. The van der Waals surface area contributed by atoms with Gasteiger partial charge in [0.05, 0.1) is 15.8 Å². The Bertz CT molecular complexity index is 441. The minimum absolute atomic E-state index is 0.391. The summed E-state index contributed by atoms with van der Waals surface area (Å²) in [6, 6.07) is 1.92. The van der Waals surface area contributed by atoms with Crippen LogP contribution in [0.25, 0.3) is 10.2 Å². The predicted molar refractivity (Wildman–Crippen MR) is 47.8 cm³/mol. The molecule has 0 saturated carbocycles. The lowest BCUT2D eigenvalue weighted by Crippen LogP contribution is -1.93. The van der Waals surface area contributed by atoms with Gasteiger partial charge in [-0.05, 0) is 11.4 Å². The molecule has 4 heteroatoms. The van der Waals surface area contributed by atoms with Crippen molar-refractivity contribution in [1.82, 2.24) is 4.57 Å². The second kappa shape index (κ2) is 2.35. The fourth-order valence-corrected chi connectivity index (χ4v) is 2.19. The summed E-state index contributed by atoms with van der Waals surface area (Å²) < 4.78 is 2.68. The van der Waals surface area contributed by atoms with E-state index in [9.17, 15) is 4.79 Å². The van der Waals surface area contributed by atoms with Crippen LogP contribution in [0.4, 0.5) is 0 Å². The van der Waals surface area contributed by atoms with E-state index >= 15 is 0 Å². The molecular weight excluding hydrogens is 174 g/mol. The fraction of sp³-hybridized carbons (Fsp3) is 0.125. The molecule has 0 atom stereocenters. The summed E-state index contributed by atoms with van der Waals surface area (Å²) >= 11 is 1.46. The molecule has 0 saturated heterocycles. The van der Waals surface area contributed by atoms with Gasteiger partial charge < -0.3 is 9.67 Å². The number of hydrogen-bond donors (Lipinski definition) is 1. The smallest absolute Gasteiger partial charge is 0.338 e. The molecular formula is C8H7NO2S. The van der Waals surface area contributed by atoms with Crippen LogP contribution in [0.1, 0.15) is 10.4 Å². The number of thiophene rings is 1. The van der Waals surface area contributed by atoms with Gasteiger partial charge in [0.2, 0.25) is 0 Å². The molecule has 0 fully saturated rings. The molecule has 62 valence electrons. The molecule has 0 aromatic carbocycles. The van der Waals surface area contributed by atoms with Crippen LogP contribution in [-0.4, -0.2) is 15.6 Å². The highest BCUT2D eigenvalue weighted by atomic mass is 32.1. The summed E-state index contributed by atoms with van der Waals surface area (Å²) in [5.41, 5.74) is 1.37. The largest absolute Gasteiger partial charge is 0.478 e. The molecule has 3 nitrogen and oxygen atoms in total. The number of aromatic carboxylic acids is 1. The SMILES string of the molecule is Cn1cc(C(=O)O)c2sccc21. The van der Waals surface area contributed by atoms with Crippen molar-refractivity contribution in [2.75, 3.05) is 0 Å². The van der Waals surface area contributed by atoms with Gasteiger partial charge in [-0.3, -0.25) is 0 Å². The van der Waals surface area contributed by atoms with E-state index in [1.54, 1.807) is 6.20 Å². The topological polar surface area (TPSA) is 42.2 Å². The molecule has 0 unspecified atom stereocenters. The molecule has 0 amide bonds. The highest BCUT2D eigenvalue weighted by molar-refractivity contribution is 7.17. The third-order valence-electron chi connectivity index (χ3n) is 1.82. The van der Waals surface area contributed by atoms with Crippen LogP contribution >= 0.6 is 11.3 Å². The van der Waals surface area contributed by atoms with Crippen molar-refractivity contribution < 1.29 is 9.90 Å². The third-order valence-corrected chi connectivity index (χ3v) is 2.76. The second-order valence-electron chi connectivity index (χ2n) is 2.59. The fourth-order valence-electron chi connectivity index (χ4n) is 1.26. The maximum atomic E-state index is 10.7. The first-order chi connectivity index (χ1) is 5.70. The number of aryl methyl sites for hydroxylation is 1. The van der Waals surface area contributed by atoms with Gasteiger partial charge >= 0.3 is 5.97 Å². The summed E-state index contributed by atoms with van der Waals surface area (Å²) in [4.78, 5) is 10.7. The summed E-state index contributed by atoms with van der Waals surface area (Å²) in [5, 5.41) is 10.7. The molecule has 0 bridgehead atoms. The second-order valence-corrected chi connectivity index (χ2v) is 3.51. The minimum atomic E-state index is -0.858. The van der Waals surface area contributed by atoms with E-state index in [0.29, 0.717) is 5.56 Å². The molecule has 2 heterocycles. The standard InChI is InChI=1S/C8H7NO2S/c1-9-4-5(8(10)11)7-6(9)2-3-12-7/h2-4H,1H3,(H,10,11). The molecule has 0 aliphatic rings. The third kappa shape index (κ3) is 0.848. The zero-order valence-electron chi connectivity index (χ0n) is 6.44. The summed E-state index contributed by atoms with van der Waals surface area (Å²) in [7, 11) is 1.85. The van der Waals surface area contributed by atoms with Crippen LogP contribution in [0, 0.1) is 0 Å². The van der Waals surface area contributed by atoms with Crippen molar-refractivity contribution >= 4 is 27.5 Å². The summed E-state index contributed by atoms with van der Waals surface area (Å²) in [6.07, 6.45) is 1.64. The Morgan fingerprint density at radius 3 is 3.08 bits per heavy atom. The monoisotopic (exact) mass is 181 g/mol. The Kier molecular flexibility index (Phi) is 1.44. The van der Waals surface area contributed by atoms with Gasteiger partial charge in [0.1, 0.15) is 0 Å². The van der Waals surface area contributed by atoms with Crippen molar-refractivity contribution in [3.05, 3.63) is 23.2 Å². The number of carboxylic acid groups (broad SMARTS) is 1. The first-order valence-corrected chi connectivity index (χ1v) is 4.34. The lowest BCUT2D eigenvalue weighted by Gasteiger charge is -1.86. The van der Waals surface area contributed by atoms with Crippen molar-refractivity contribution in [2.45, 2.75) is 0 Å². The van der Waals surface area contributed by atoms with E-state index in [2.05, 4.69) is 0 Å². The Morgan fingerprint density at radius 1 is 1.67 bits per heavy atom. The van der Waals surface area contributed by atoms with Gasteiger partial charge in [0.25, 0.3) is 0 Å². The molecule has 2 aromatic rings. The van der Waals surface area contributed by atoms with Crippen LogP contribution < -0.4 is 0 Å². The van der Waals surface area contributed by atoms with Gasteiger partial charge in [-0.25, -0.2) is 4.79 Å². The van der Waals surface area contributed by atoms with Gasteiger partial charge in [0.15, 0.2) is 0 Å². The Hall–Kier alpha value is -1.29. The van der Waals surface area contributed by atoms with Crippen molar-refractivity contribution in [3.8, 4) is 0 Å². The highest BCUT2D eigenvalue weighted by Crippen LogP contribution is 2.25. The van der Waals surface area contributed by atoms with Gasteiger partial charge in [-0.15, -0.1) is 11.3 Å². The zero-order chi connectivity index (χ0) is 8.72. The maximum Gasteiger partial charge on any atom is 0.338 e. The number of aromatic nitrogens is 1. The molecule has 0 aliphatic carbocycles. The lowest BCUT2D eigenvalue weighted by molar-refractivity contribution is 0.0699. The highest BCUT2D eigenvalue weighted by Gasteiger charge is 2.12. The molecule has 0 aliphatic heterocycles. The van der Waals surface area contributed by atoms with Gasteiger partial charge in [-0.1, -0.05) is 0 Å². The molecule has 2 rings (SSSR count). The summed E-state index contributed by atoms with van der Waals surface area (Å²) in [6.45, 7) is 0. The summed E-state index contributed by atoms with van der Waals surface area (Å²) in [5.74, 6) is -0.858. The van der Waals surface area contributed by atoms with Crippen molar-refractivity contribution in [2.24, 2.45) is 7.05 Å².